The summed E-state index contributed by atoms with van der Waals surface area (Å²) in [5.74, 6) is 0. The van der Waals surface area contributed by atoms with Crippen molar-refractivity contribution >= 4 is 10.4 Å². The first kappa shape index (κ1) is 7.87. The molecule has 1 rings (SSSR count). The fraction of sp³-hybridized carbons (Fsp3) is 0.667. The lowest BCUT2D eigenvalue weighted by Crippen LogP contribution is -1.94. The molecule has 8 heavy (non-hydrogen) atoms. The Hall–Kier alpha value is -0.130. The maximum atomic E-state index is 9.99. The van der Waals surface area contributed by atoms with Gasteiger partial charge in [0.25, 0.3) is 0 Å². The van der Waals surface area contributed by atoms with E-state index in [2.05, 4.69) is 8.37 Å². The van der Waals surface area contributed by atoms with E-state index < -0.39 is 10.4 Å². The highest BCUT2D eigenvalue weighted by atomic mass is 32.3. The van der Waals surface area contributed by atoms with Crippen LogP contribution in [0.25, 0.3) is 0 Å². The predicted molar refractivity (Wildman–Crippen MR) is 24.1 cm³/mol. The Morgan fingerprint density at radius 3 is 1.62 bits per heavy atom. The normalized spacial score (nSPS) is 24.5. The van der Waals surface area contributed by atoms with Gasteiger partial charge in [0.15, 0.2) is 0 Å². The van der Waals surface area contributed by atoms with Gasteiger partial charge in [0.1, 0.15) is 0 Å². The summed E-state index contributed by atoms with van der Waals surface area (Å²) in [6, 6.07) is 0. The van der Waals surface area contributed by atoms with E-state index in [1.165, 1.54) is 0 Å². The van der Waals surface area contributed by atoms with E-state index in [4.69, 9.17) is 0 Å². The van der Waals surface area contributed by atoms with E-state index in [9.17, 15) is 8.42 Å². The van der Waals surface area contributed by atoms with Gasteiger partial charge in [-0.15, -0.1) is 0 Å². The smallest absolute Gasteiger partial charge is 0.246 e. The maximum Gasteiger partial charge on any atom is 0.400 e. The highest BCUT2D eigenvalue weighted by Crippen LogP contribution is 2.02. The molecule has 0 atom stereocenters. The molecule has 0 unspecified atom stereocenters. The van der Waals surface area contributed by atoms with Crippen LogP contribution in [0.2, 0.25) is 0 Å². The minimum Gasteiger partial charge on any atom is -0.246 e. The highest BCUT2D eigenvalue weighted by molar-refractivity contribution is 7.82. The molecule has 0 aromatic heterocycles. The molecular weight excluding hydrogens is 132 g/mol. The van der Waals surface area contributed by atoms with Crippen LogP contribution in [0.4, 0.5) is 0 Å². The van der Waals surface area contributed by atoms with Crippen molar-refractivity contribution in [2.45, 2.75) is 0 Å². The van der Waals surface area contributed by atoms with Gasteiger partial charge in [0.05, 0.1) is 13.2 Å². The standard InChI is InChI=1S/C2H4O4S.C/c3-7(4)5-1-2-6-7;/h1-2H2;. The average molecular weight is 136 g/mol. The second-order valence-electron chi connectivity index (χ2n) is 1.05. The Morgan fingerprint density at radius 1 is 1.12 bits per heavy atom. The topological polar surface area (TPSA) is 52.6 Å². The van der Waals surface area contributed by atoms with Crippen LogP contribution in [-0.2, 0) is 18.8 Å². The van der Waals surface area contributed by atoms with E-state index in [1.54, 1.807) is 0 Å². The monoisotopic (exact) mass is 136 g/mol. The van der Waals surface area contributed by atoms with Gasteiger partial charge in [-0.3, -0.25) is 0 Å². The van der Waals surface area contributed by atoms with Crippen molar-refractivity contribution in [2.24, 2.45) is 0 Å². The molecule has 0 saturated carbocycles. The lowest BCUT2D eigenvalue weighted by Gasteiger charge is -1.82. The Balaban J connectivity index is 0.000000490. The van der Waals surface area contributed by atoms with Crippen molar-refractivity contribution in [2.75, 3.05) is 13.2 Å². The summed E-state index contributed by atoms with van der Waals surface area (Å²) in [4.78, 5) is 0. The van der Waals surface area contributed by atoms with Gasteiger partial charge in [0, 0.05) is 7.43 Å². The molecule has 1 fully saturated rings. The van der Waals surface area contributed by atoms with Crippen LogP contribution in [-0.4, -0.2) is 21.6 Å². The summed E-state index contributed by atoms with van der Waals surface area (Å²) in [6.45, 7) is 0.310. The van der Waals surface area contributed by atoms with Gasteiger partial charge in [-0.2, -0.15) is 8.42 Å². The molecule has 4 radical (unpaired) electrons. The van der Waals surface area contributed by atoms with E-state index in [0.717, 1.165) is 0 Å². The molecule has 0 aromatic rings. The molecule has 0 spiro atoms. The van der Waals surface area contributed by atoms with Crippen molar-refractivity contribution in [3.05, 3.63) is 7.43 Å². The zero-order valence-corrected chi connectivity index (χ0v) is 4.77. The van der Waals surface area contributed by atoms with Crippen molar-refractivity contribution in [3.63, 3.8) is 0 Å². The molecule has 5 heteroatoms. The van der Waals surface area contributed by atoms with Crippen LogP contribution < -0.4 is 0 Å². The summed E-state index contributed by atoms with van der Waals surface area (Å²) in [6.07, 6.45) is 0. The lowest BCUT2D eigenvalue weighted by molar-refractivity contribution is 0.360. The molecule has 0 amide bonds. The van der Waals surface area contributed by atoms with Crippen molar-refractivity contribution in [1.82, 2.24) is 0 Å². The second-order valence-corrected chi connectivity index (χ2v) is 2.34. The molecule has 0 aliphatic carbocycles. The van der Waals surface area contributed by atoms with Gasteiger partial charge in [-0.25, -0.2) is 8.37 Å². The fourth-order valence-electron chi connectivity index (χ4n) is 0.306. The van der Waals surface area contributed by atoms with E-state index in [1.807, 2.05) is 0 Å². The third-order valence-electron chi connectivity index (χ3n) is 0.539. The minimum absolute atomic E-state index is 0. The maximum absolute atomic E-state index is 9.99. The number of hydrogen-bond acceptors (Lipinski definition) is 4. The van der Waals surface area contributed by atoms with Gasteiger partial charge in [-0.1, -0.05) is 0 Å². The first-order valence-electron chi connectivity index (χ1n) is 1.74. The zero-order chi connectivity index (χ0) is 5.33. The van der Waals surface area contributed by atoms with Crippen LogP contribution in [0.3, 0.4) is 0 Å². The summed E-state index contributed by atoms with van der Waals surface area (Å²) < 4.78 is 28.2. The summed E-state index contributed by atoms with van der Waals surface area (Å²) >= 11 is 0. The second kappa shape index (κ2) is 2.43. The molecule has 4 nitrogen and oxygen atoms in total. The Labute approximate surface area is 48.7 Å². The van der Waals surface area contributed by atoms with Crippen LogP contribution >= 0.6 is 0 Å². The van der Waals surface area contributed by atoms with E-state index >= 15 is 0 Å². The SMILES string of the molecule is O=S1(=O)OCCO1.[C]. The van der Waals surface area contributed by atoms with Crippen molar-refractivity contribution in [1.29, 1.82) is 0 Å². The highest BCUT2D eigenvalue weighted by Gasteiger charge is 2.17. The van der Waals surface area contributed by atoms with Gasteiger partial charge in [0.2, 0.25) is 0 Å². The van der Waals surface area contributed by atoms with Crippen molar-refractivity contribution in [3.8, 4) is 0 Å². The van der Waals surface area contributed by atoms with Crippen LogP contribution in [0, 0.1) is 7.43 Å². The molecular formula is C3H4O4S. The first-order chi connectivity index (χ1) is 3.21. The van der Waals surface area contributed by atoms with E-state index in [-0.39, 0.29) is 20.6 Å². The predicted octanol–water partition coefficient (Wildman–Crippen LogP) is -0.641. The Bertz CT molecular complexity index is 135. The Kier molecular flexibility index (Phi) is 2.39. The molecule has 1 aliphatic heterocycles. The molecule has 1 aliphatic rings. The van der Waals surface area contributed by atoms with Gasteiger partial charge in [-0.05, 0) is 0 Å². The fourth-order valence-corrected chi connectivity index (χ4v) is 0.919. The first-order valence-corrected chi connectivity index (χ1v) is 3.08. The van der Waals surface area contributed by atoms with Gasteiger partial charge >= 0.3 is 10.4 Å². The quantitative estimate of drug-likeness (QED) is 0.444. The molecule has 0 N–H and O–H groups in total. The lowest BCUT2D eigenvalue weighted by atomic mass is 10.8. The third kappa shape index (κ3) is 1.77. The van der Waals surface area contributed by atoms with E-state index in [0.29, 0.717) is 0 Å². The van der Waals surface area contributed by atoms with Crippen LogP contribution in [0.1, 0.15) is 0 Å². The summed E-state index contributed by atoms with van der Waals surface area (Å²) in [5.41, 5.74) is 0. The molecule has 0 bridgehead atoms. The van der Waals surface area contributed by atoms with Crippen molar-refractivity contribution < 1.29 is 16.8 Å². The van der Waals surface area contributed by atoms with Crippen LogP contribution in [0.5, 0.6) is 0 Å². The zero-order valence-electron chi connectivity index (χ0n) is 3.96. The number of rotatable bonds is 0. The summed E-state index contributed by atoms with van der Waals surface area (Å²) in [7, 11) is -3.55. The average Bonchev–Trinajstić information content (AvgIpc) is 1.84. The van der Waals surface area contributed by atoms with Crippen LogP contribution in [0.15, 0.2) is 0 Å². The molecule has 1 heterocycles. The molecule has 0 aromatic carbocycles. The molecule has 1 saturated heterocycles. The molecule has 46 valence electrons. The van der Waals surface area contributed by atoms with Gasteiger partial charge < -0.3 is 0 Å². The number of hydrogen-bond donors (Lipinski definition) is 0. The third-order valence-corrected chi connectivity index (χ3v) is 1.45. The largest absolute Gasteiger partial charge is 0.400 e. The Morgan fingerprint density at radius 2 is 1.50 bits per heavy atom. The minimum atomic E-state index is -3.55. The summed E-state index contributed by atoms with van der Waals surface area (Å²) in [5, 5.41) is 0.